The van der Waals surface area contributed by atoms with Crippen molar-refractivity contribution < 1.29 is 4.74 Å². The van der Waals surface area contributed by atoms with Gasteiger partial charge in [0.1, 0.15) is 11.6 Å². The Labute approximate surface area is 119 Å². The Bertz CT molecular complexity index is 595. The van der Waals surface area contributed by atoms with Gasteiger partial charge in [-0.25, -0.2) is 4.98 Å². The molecule has 2 aromatic rings. The van der Waals surface area contributed by atoms with Crippen molar-refractivity contribution in [2.24, 2.45) is 0 Å². The van der Waals surface area contributed by atoms with Gasteiger partial charge in [-0.3, -0.25) is 0 Å². The van der Waals surface area contributed by atoms with E-state index in [0.717, 1.165) is 30.1 Å². The summed E-state index contributed by atoms with van der Waals surface area (Å²) in [5.74, 6) is 1.65. The number of nitrogens with zero attached hydrogens (tertiary/aromatic N) is 1. The monoisotopic (exact) mass is 269 g/mol. The summed E-state index contributed by atoms with van der Waals surface area (Å²) < 4.78 is 5.12. The third-order valence-corrected chi connectivity index (χ3v) is 3.78. The molecule has 1 aromatic carbocycles. The molecule has 4 nitrogen and oxygen atoms in total. The molecule has 3 rings (SSSR count). The lowest BCUT2D eigenvalue weighted by molar-refractivity contribution is 0.413. The number of aryl methyl sites for hydroxylation is 1. The summed E-state index contributed by atoms with van der Waals surface area (Å²) in [4.78, 5) is 4.37. The minimum Gasteiger partial charge on any atom is -0.495 e. The van der Waals surface area contributed by atoms with Crippen molar-refractivity contribution in [3.63, 3.8) is 0 Å². The van der Waals surface area contributed by atoms with E-state index in [1.165, 1.54) is 17.5 Å². The van der Waals surface area contributed by atoms with Crippen LogP contribution in [0.1, 0.15) is 30.0 Å². The second kappa shape index (κ2) is 5.41. The third kappa shape index (κ3) is 2.54. The fraction of sp³-hybridized carbons (Fsp3) is 0.312. The first kappa shape index (κ1) is 12.8. The Morgan fingerprint density at radius 3 is 2.95 bits per heavy atom. The number of ether oxygens (including phenoxy) is 1. The van der Waals surface area contributed by atoms with Crippen LogP contribution in [0.25, 0.3) is 0 Å². The van der Waals surface area contributed by atoms with E-state index in [9.17, 15) is 0 Å². The first-order valence-electron chi connectivity index (χ1n) is 6.91. The number of hydrogen-bond acceptors (Lipinski definition) is 4. The quantitative estimate of drug-likeness (QED) is 0.840. The first-order chi connectivity index (χ1) is 9.76. The van der Waals surface area contributed by atoms with Crippen molar-refractivity contribution in [1.29, 1.82) is 0 Å². The average Bonchev–Trinajstić information content (AvgIpc) is 2.48. The van der Waals surface area contributed by atoms with Gasteiger partial charge >= 0.3 is 0 Å². The highest BCUT2D eigenvalue weighted by molar-refractivity contribution is 5.49. The molecule has 1 atom stereocenters. The second-order valence-corrected chi connectivity index (χ2v) is 5.13. The van der Waals surface area contributed by atoms with Crippen molar-refractivity contribution >= 4 is 11.5 Å². The number of fused-ring (bicyclic) bond motifs is 1. The van der Waals surface area contributed by atoms with Crippen LogP contribution >= 0.6 is 0 Å². The van der Waals surface area contributed by atoms with E-state index in [1.807, 2.05) is 18.2 Å². The minimum atomic E-state index is 0.306. The molecule has 1 unspecified atom stereocenters. The van der Waals surface area contributed by atoms with Crippen LogP contribution in [-0.4, -0.2) is 12.1 Å². The van der Waals surface area contributed by atoms with E-state index in [0.29, 0.717) is 6.04 Å². The van der Waals surface area contributed by atoms with Crippen LogP contribution in [-0.2, 0) is 6.42 Å². The average molecular weight is 269 g/mol. The summed E-state index contributed by atoms with van der Waals surface area (Å²) in [6, 6.07) is 10.4. The molecule has 0 saturated carbocycles. The SMILES string of the molecule is COc1ccc(NC2CCCc3cc(N)ccc32)nc1. The zero-order valence-corrected chi connectivity index (χ0v) is 11.6. The van der Waals surface area contributed by atoms with Gasteiger partial charge < -0.3 is 15.8 Å². The number of methoxy groups -OCH3 is 1. The Morgan fingerprint density at radius 2 is 2.20 bits per heavy atom. The van der Waals surface area contributed by atoms with Crippen LogP contribution in [0.15, 0.2) is 36.5 Å². The molecule has 0 spiro atoms. The molecule has 104 valence electrons. The van der Waals surface area contributed by atoms with Gasteiger partial charge in [0.25, 0.3) is 0 Å². The standard InChI is InChI=1S/C16H19N3O/c1-20-13-6-8-16(18-10-13)19-15-4-2-3-11-9-12(17)5-7-14(11)15/h5-10,15H,2-4,17H2,1H3,(H,18,19). The Hall–Kier alpha value is -2.23. The lowest BCUT2D eigenvalue weighted by Crippen LogP contribution is -2.18. The highest BCUT2D eigenvalue weighted by atomic mass is 16.5. The van der Waals surface area contributed by atoms with Gasteiger partial charge in [-0.15, -0.1) is 0 Å². The molecule has 1 aliphatic carbocycles. The molecule has 0 aliphatic heterocycles. The number of anilines is 2. The van der Waals surface area contributed by atoms with E-state index >= 15 is 0 Å². The van der Waals surface area contributed by atoms with E-state index in [2.05, 4.69) is 22.4 Å². The highest BCUT2D eigenvalue weighted by Crippen LogP contribution is 2.33. The summed E-state index contributed by atoms with van der Waals surface area (Å²) in [6.07, 6.45) is 5.12. The van der Waals surface area contributed by atoms with Gasteiger partial charge in [-0.1, -0.05) is 6.07 Å². The molecule has 1 heterocycles. The molecule has 0 fully saturated rings. The molecule has 3 N–H and O–H groups in total. The summed E-state index contributed by atoms with van der Waals surface area (Å²) in [6.45, 7) is 0. The van der Waals surface area contributed by atoms with E-state index in [4.69, 9.17) is 10.5 Å². The van der Waals surface area contributed by atoms with Crippen LogP contribution in [0, 0.1) is 0 Å². The number of benzene rings is 1. The van der Waals surface area contributed by atoms with E-state index in [1.54, 1.807) is 13.3 Å². The first-order valence-corrected chi connectivity index (χ1v) is 6.91. The lowest BCUT2D eigenvalue weighted by Gasteiger charge is -2.27. The number of aromatic nitrogens is 1. The molecule has 20 heavy (non-hydrogen) atoms. The fourth-order valence-corrected chi connectivity index (χ4v) is 2.75. The Kier molecular flexibility index (Phi) is 3.46. The maximum Gasteiger partial charge on any atom is 0.137 e. The fourth-order valence-electron chi connectivity index (χ4n) is 2.75. The van der Waals surface area contributed by atoms with Crippen molar-refractivity contribution in [2.45, 2.75) is 25.3 Å². The number of hydrogen-bond donors (Lipinski definition) is 2. The zero-order valence-electron chi connectivity index (χ0n) is 11.6. The molecule has 1 aliphatic rings. The van der Waals surface area contributed by atoms with Gasteiger partial charge in [0.15, 0.2) is 0 Å². The van der Waals surface area contributed by atoms with Gasteiger partial charge in [-0.05, 0) is 54.7 Å². The zero-order chi connectivity index (χ0) is 13.9. The highest BCUT2D eigenvalue weighted by Gasteiger charge is 2.20. The number of nitrogens with two attached hydrogens (primary N) is 1. The molecule has 4 heteroatoms. The molecule has 0 bridgehead atoms. The topological polar surface area (TPSA) is 60.2 Å². The van der Waals surface area contributed by atoms with Crippen molar-refractivity contribution in [3.8, 4) is 5.75 Å². The minimum absolute atomic E-state index is 0.306. The summed E-state index contributed by atoms with van der Waals surface area (Å²) in [5.41, 5.74) is 9.39. The van der Waals surface area contributed by atoms with Crippen LogP contribution in [0.2, 0.25) is 0 Å². The number of pyridine rings is 1. The van der Waals surface area contributed by atoms with Crippen LogP contribution in [0.3, 0.4) is 0 Å². The van der Waals surface area contributed by atoms with Crippen LogP contribution in [0.4, 0.5) is 11.5 Å². The van der Waals surface area contributed by atoms with Crippen LogP contribution < -0.4 is 15.8 Å². The number of rotatable bonds is 3. The molecular weight excluding hydrogens is 250 g/mol. The maximum atomic E-state index is 5.87. The number of nitrogen functional groups attached to an aromatic ring is 1. The van der Waals surface area contributed by atoms with Crippen molar-refractivity contribution in [1.82, 2.24) is 4.98 Å². The molecule has 1 aromatic heterocycles. The normalized spacial score (nSPS) is 17.4. The number of nitrogens with one attached hydrogen (secondary N) is 1. The van der Waals surface area contributed by atoms with Crippen molar-refractivity contribution in [2.75, 3.05) is 18.2 Å². The smallest absolute Gasteiger partial charge is 0.137 e. The van der Waals surface area contributed by atoms with Gasteiger partial charge in [-0.2, -0.15) is 0 Å². The Morgan fingerprint density at radius 1 is 1.30 bits per heavy atom. The Balaban J connectivity index is 1.81. The molecule has 0 saturated heterocycles. The predicted molar refractivity (Wildman–Crippen MR) is 80.9 cm³/mol. The van der Waals surface area contributed by atoms with E-state index in [-0.39, 0.29) is 0 Å². The maximum absolute atomic E-state index is 5.87. The van der Waals surface area contributed by atoms with Gasteiger partial charge in [0.2, 0.25) is 0 Å². The van der Waals surface area contributed by atoms with Crippen LogP contribution in [0.5, 0.6) is 5.75 Å². The lowest BCUT2D eigenvalue weighted by atomic mass is 9.87. The largest absolute Gasteiger partial charge is 0.495 e. The summed E-state index contributed by atoms with van der Waals surface area (Å²) in [7, 11) is 1.64. The predicted octanol–water partition coefficient (Wildman–Crippen LogP) is 3.16. The van der Waals surface area contributed by atoms with E-state index < -0.39 is 0 Å². The van der Waals surface area contributed by atoms with Gasteiger partial charge in [0, 0.05) is 5.69 Å². The summed E-state index contributed by atoms with van der Waals surface area (Å²) in [5, 5.41) is 3.50. The molecule has 0 radical (unpaired) electrons. The van der Waals surface area contributed by atoms with Gasteiger partial charge in [0.05, 0.1) is 19.3 Å². The summed E-state index contributed by atoms with van der Waals surface area (Å²) >= 11 is 0. The second-order valence-electron chi connectivity index (χ2n) is 5.13. The van der Waals surface area contributed by atoms with Crippen molar-refractivity contribution in [3.05, 3.63) is 47.7 Å². The third-order valence-electron chi connectivity index (χ3n) is 3.78. The molecular formula is C16H19N3O. The molecule has 0 amide bonds.